The van der Waals surface area contributed by atoms with Crippen LogP contribution in [0.25, 0.3) is 0 Å². The van der Waals surface area contributed by atoms with E-state index in [0.29, 0.717) is 12.8 Å². The Morgan fingerprint density at radius 1 is 1.20 bits per heavy atom. The number of benzene rings is 2. The maximum absolute atomic E-state index is 12.2. The number of amides is 2. The Balaban J connectivity index is 1.61. The SMILES string of the molecule is COc1ccc(CC(=O)Nc2ccc(N3CCCC3=O)cc2)cc1C. The van der Waals surface area contributed by atoms with Gasteiger partial charge in [0.1, 0.15) is 5.75 Å². The third-order valence-corrected chi connectivity index (χ3v) is 4.36. The van der Waals surface area contributed by atoms with Gasteiger partial charge in [0.05, 0.1) is 13.5 Å². The Labute approximate surface area is 147 Å². The third kappa shape index (κ3) is 3.99. The van der Waals surface area contributed by atoms with Gasteiger partial charge in [0.2, 0.25) is 11.8 Å². The van der Waals surface area contributed by atoms with Crippen LogP contribution in [-0.4, -0.2) is 25.5 Å². The lowest BCUT2D eigenvalue weighted by molar-refractivity contribution is -0.117. The highest BCUT2D eigenvalue weighted by atomic mass is 16.5. The van der Waals surface area contributed by atoms with Crippen molar-refractivity contribution in [1.29, 1.82) is 0 Å². The van der Waals surface area contributed by atoms with Gasteiger partial charge in [-0.05, 0) is 54.8 Å². The van der Waals surface area contributed by atoms with Crippen LogP contribution < -0.4 is 15.0 Å². The number of hydrogen-bond acceptors (Lipinski definition) is 3. The first-order valence-electron chi connectivity index (χ1n) is 8.40. The quantitative estimate of drug-likeness (QED) is 0.910. The first kappa shape index (κ1) is 17.0. The zero-order chi connectivity index (χ0) is 17.8. The van der Waals surface area contributed by atoms with Crippen molar-refractivity contribution in [1.82, 2.24) is 0 Å². The largest absolute Gasteiger partial charge is 0.496 e. The summed E-state index contributed by atoms with van der Waals surface area (Å²) in [5, 5.41) is 2.89. The molecule has 0 atom stereocenters. The molecule has 5 nitrogen and oxygen atoms in total. The van der Waals surface area contributed by atoms with Crippen LogP contribution in [0.2, 0.25) is 0 Å². The smallest absolute Gasteiger partial charge is 0.228 e. The molecule has 3 rings (SSSR count). The molecular weight excluding hydrogens is 316 g/mol. The lowest BCUT2D eigenvalue weighted by atomic mass is 10.1. The number of anilines is 2. The lowest BCUT2D eigenvalue weighted by Gasteiger charge is -2.16. The molecule has 1 N–H and O–H groups in total. The highest BCUT2D eigenvalue weighted by molar-refractivity contribution is 5.96. The number of ether oxygens (including phenoxy) is 1. The van der Waals surface area contributed by atoms with Gasteiger partial charge in [0, 0.05) is 24.3 Å². The molecule has 2 aromatic rings. The maximum Gasteiger partial charge on any atom is 0.228 e. The van der Waals surface area contributed by atoms with Crippen LogP contribution in [0.4, 0.5) is 11.4 Å². The fourth-order valence-electron chi connectivity index (χ4n) is 3.09. The number of carbonyl (C=O) groups excluding carboxylic acids is 2. The molecule has 0 bridgehead atoms. The van der Waals surface area contributed by atoms with E-state index in [0.717, 1.165) is 41.2 Å². The number of nitrogens with zero attached hydrogens (tertiary/aromatic N) is 1. The first-order chi connectivity index (χ1) is 12.1. The van der Waals surface area contributed by atoms with Gasteiger partial charge in [0.25, 0.3) is 0 Å². The molecule has 0 unspecified atom stereocenters. The van der Waals surface area contributed by atoms with Crippen molar-refractivity contribution >= 4 is 23.2 Å². The van der Waals surface area contributed by atoms with Gasteiger partial charge in [-0.15, -0.1) is 0 Å². The number of nitrogens with one attached hydrogen (secondary N) is 1. The second-order valence-corrected chi connectivity index (χ2v) is 6.22. The first-order valence-corrected chi connectivity index (χ1v) is 8.40. The molecule has 1 aliphatic heterocycles. The van der Waals surface area contributed by atoms with Crippen molar-refractivity contribution in [3.8, 4) is 5.75 Å². The molecule has 1 heterocycles. The van der Waals surface area contributed by atoms with Crippen LogP contribution in [0.5, 0.6) is 5.75 Å². The van der Waals surface area contributed by atoms with Crippen LogP contribution >= 0.6 is 0 Å². The van der Waals surface area contributed by atoms with Crippen molar-refractivity contribution in [3.63, 3.8) is 0 Å². The Hall–Kier alpha value is -2.82. The van der Waals surface area contributed by atoms with Crippen molar-refractivity contribution in [3.05, 3.63) is 53.6 Å². The number of aryl methyl sites for hydroxylation is 1. The van der Waals surface area contributed by atoms with E-state index >= 15 is 0 Å². The highest BCUT2D eigenvalue weighted by Gasteiger charge is 2.21. The minimum absolute atomic E-state index is 0.0745. The Kier molecular flexibility index (Phi) is 5.03. The molecular formula is C20H22N2O3. The summed E-state index contributed by atoms with van der Waals surface area (Å²) in [6, 6.07) is 13.1. The van der Waals surface area contributed by atoms with Crippen LogP contribution in [0, 0.1) is 6.92 Å². The Bertz CT molecular complexity index is 784. The summed E-state index contributed by atoms with van der Waals surface area (Å²) < 4.78 is 5.23. The summed E-state index contributed by atoms with van der Waals surface area (Å²) in [6.45, 7) is 2.72. The van der Waals surface area contributed by atoms with Gasteiger partial charge in [-0.25, -0.2) is 0 Å². The van der Waals surface area contributed by atoms with Crippen molar-refractivity contribution in [2.24, 2.45) is 0 Å². The van der Waals surface area contributed by atoms with Crippen LogP contribution in [0.3, 0.4) is 0 Å². The van der Waals surface area contributed by atoms with E-state index in [4.69, 9.17) is 4.74 Å². The molecule has 2 aromatic carbocycles. The summed E-state index contributed by atoms with van der Waals surface area (Å²) in [5.74, 6) is 0.900. The summed E-state index contributed by atoms with van der Waals surface area (Å²) in [4.78, 5) is 25.8. The van der Waals surface area contributed by atoms with E-state index in [2.05, 4.69) is 5.32 Å². The van der Waals surface area contributed by atoms with Gasteiger partial charge in [0.15, 0.2) is 0 Å². The third-order valence-electron chi connectivity index (χ3n) is 4.36. The molecule has 5 heteroatoms. The average molecular weight is 338 g/mol. The summed E-state index contributed by atoms with van der Waals surface area (Å²) >= 11 is 0. The molecule has 2 amide bonds. The number of methoxy groups -OCH3 is 1. The zero-order valence-corrected chi connectivity index (χ0v) is 14.5. The standard InChI is InChI=1S/C20H22N2O3/c1-14-12-15(5-10-18(14)25-2)13-19(23)21-16-6-8-17(9-7-16)22-11-3-4-20(22)24/h5-10,12H,3-4,11,13H2,1-2H3,(H,21,23). The molecule has 0 saturated carbocycles. The molecule has 0 aliphatic carbocycles. The zero-order valence-electron chi connectivity index (χ0n) is 14.5. The van der Waals surface area contributed by atoms with E-state index in [1.807, 2.05) is 49.4 Å². The van der Waals surface area contributed by atoms with Crippen LogP contribution in [0.15, 0.2) is 42.5 Å². The maximum atomic E-state index is 12.2. The predicted molar refractivity (Wildman–Crippen MR) is 98.1 cm³/mol. The highest BCUT2D eigenvalue weighted by Crippen LogP contribution is 2.23. The normalized spacial score (nSPS) is 13.8. The summed E-state index contributed by atoms with van der Waals surface area (Å²) in [5.41, 5.74) is 3.56. The van der Waals surface area contributed by atoms with E-state index in [1.165, 1.54) is 0 Å². The van der Waals surface area contributed by atoms with Gasteiger partial charge in [-0.1, -0.05) is 12.1 Å². The van der Waals surface area contributed by atoms with E-state index in [1.54, 1.807) is 12.0 Å². The second-order valence-electron chi connectivity index (χ2n) is 6.22. The van der Waals surface area contributed by atoms with Crippen LogP contribution in [-0.2, 0) is 16.0 Å². The summed E-state index contributed by atoms with van der Waals surface area (Å²) in [6.07, 6.45) is 1.82. The summed E-state index contributed by atoms with van der Waals surface area (Å²) in [7, 11) is 1.63. The van der Waals surface area contributed by atoms with Crippen LogP contribution in [0.1, 0.15) is 24.0 Å². The van der Waals surface area contributed by atoms with Gasteiger partial charge >= 0.3 is 0 Å². The molecule has 1 fully saturated rings. The molecule has 1 saturated heterocycles. The van der Waals surface area contributed by atoms with E-state index in [-0.39, 0.29) is 11.8 Å². The number of carbonyl (C=O) groups is 2. The topological polar surface area (TPSA) is 58.6 Å². The van der Waals surface area contributed by atoms with Crippen molar-refractivity contribution < 1.29 is 14.3 Å². The molecule has 25 heavy (non-hydrogen) atoms. The van der Waals surface area contributed by atoms with Gasteiger partial charge in [-0.3, -0.25) is 9.59 Å². The van der Waals surface area contributed by atoms with Gasteiger partial charge in [-0.2, -0.15) is 0 Å². The van der Waals surface area contributed by atoms with E-state index in [9.17, 15) is 9.59 Å². The lowest BCUT2D eigenvalue weighted by Crippen LogP contribution is -2.23. The second kappa shape index (κ2) is 7.38. The fourth-order valence-corrected chi connectivity index (χ4v) is 3.09. The monoisotopic (exact) mass is 338 g/mol. The molecule has 130 valence electrons. The Morgan fingerprint density at radius 2 is 1.96 bits per heavy atom. The van der Waals surface area contributed by atoms with Gasteiger partial charge < -0.3 is 15.0 Å². The molecule has 1 aliphatic rings. The molecule has 0 aromatic heterocycles. The van der Waals surface area contributed by atoms with Crippen molar-refractivity contribution in [2.45, 2.75) is 26.2 Å². The molecule has 0 spiro atoms. The molecule has 0 radical (unpaired) electrons. The predicted octanol–water partition coefficient (Wildman–Crippen LogP) is 3.31. The number of hydrogen-bond donors (Lipinski definition) is 1. The average Bonchev–Trinajstić information content (AvgIpc) is 3.02. The van der Waals surface area contributed by atoms with E-state index < -0.39 is 0 Å². The fraction of sp³-hybridized carbons (Fsp3) is 0.300. The van der Waals surface area contributed by atoms with Crippen molar-refractivity contribution in [2.75, 3.05) is 23.9 Å². The minimum Gasteiger partial charge on any atom is -0.496 e. The minimum atomic E-state index is -0.0745. The number of rotatable bonds is 5. The Morgan fingerprint density at radius 3 is 2.56 bits per heavy atom.